The molecule has 0 aliphatic carbocycles. The molecule has 0 saturated heterocycles. The van der Waals surface area contributed by atoms with Gasteiger partial charge in [0.25, 0.3) is 5.91 Å². The number of nitrogens with zero attached hydrogens (tertiary/aromatic N) is 3. The van der Waals surface area contributed by atoms with Crippen LogP contribution in [0.1, 0.15) is 16.1 Å². The average Bonchev–Trinajstić information content (AvgIpc) is 3.45. The molecule has 0 fully saturated rings. The van der Waals surface area contributed by atoms with Gasteiger partial charge in [0, 0.05) is 10.0 Å². The lowest BCUT2D eigenvalue weighted by atomic mass is 10.1. The number of H-pyrrole nitrogens is 1. The lowest BCUT2D eigenvalue weighted by Crippen LogP contribution is -2.21. The standard InChI is InChI=1S/C24H15BrF3N5O/c25-14-9-11-15(12-10-14)33-21(24(26,27)28)17(13-29-33)23(34)32-18-6-2-1-5-16(18)22-30-19-7-3-4-8-20(19)31-22/h1-13H,(H,30,31)(H,32,34). The summed E-state index contributed by atoms with van der Waals surface area (Å²) in [6, 6.07) is 20.3. The average molecular weight is 526 g/mol. The Labute approximate surface area is 199 Å². The Morgan fingerprint density at radius 2 is 1.68 bits per heavy atom. The van der Waals surface area contributed by atoms with Crippen LogP contribution < -0.4 is 5.32 Å². The van der Waals surface area contributed by atoms with Gasteiger partial charge in [-0.1, -0.05) is 40.2 Å². The van der Waals surface area contributed by atoms with Gasteiger partial charge >= 0.3 is 6.18 Å². The highest BCUT2D eigenvalue weighted by Crippen LogP contribution is 2.35. The van der Waals surface area contributed by atoms with E-state index in [0.717, 1.165) is 17.2 Å². The minimum atomic E-state index is -4.81. The van der Waals surface area contributed by atoms with Crippen molar-refractivity contribution in [2.24, 2.45) is 0 Å². The van der Waals surface area contributed by atoms with E-state index in [1.165, 1.54) is 12.1 Å². The highest BCUT2D eigenvalue weighted by atomic mass is 79.9. The van der Waals surface area contributed by atoms with Crippen molar-refractivity contribution in [1.82, 2.24) is 19.7 Å². The van der Waals surface area contributed by atoms with Crippen LogP contribution in [-0.4, -0.2) is 25.7 Å². The first kappa shape index (κ1) is 21.9. The molecule has 0 atom stereocenters. The number of aromatic amines is 1. The normalized spacial score (nSPS) is 11.6. The SMILES string of the molecule is O=C(Nc1ccccc1-c1nc2ccccc2[nH]1)c1cnn(-c2ccc(Br)cc2)c1C(F)(F)F. The van der Waals surface area contributed by atoms with E-state index in [0.29, 0.717) is 26.2 Å². The fourth-order valence-corrected chi connectivity index (χ4v) is 3.90. The van der Waals surface area contributed by atoms with Crippen molar-refractivity contribution in [2.45, 2.75) is 6.18 Å². The van der Waals surface area contributed by atoms with E-state index >= 15 is 0 Å². The zero-order valence-corrected chi connectivity index (χ0v) is 18.9. The van der Waals surface area contributed by atoms with E-state index in [-0.39, 0.29) is 5.69 Å². The molecular formula is C24H15BrF3N5O. The first-order chi connectivity index (χ1) is 16.3. The van der Waals surface area contributed by atoms with Crippen molar-refractivity contribution in [3.05, 3.63) is 94.7 Å². The Morgan fingerprint density at radius 1 is 0.971 bits per heavy atom. The predicted octanol–water partition coefficient (Wildman–Crippen LogP) is 6.45. The summed E-state index contributed by atoms with van der Waals surface area (Å²) in [5, 5.41) is 6.45. The summed E-state index contributed by atoms with van der Waals surface area (Å²) >= 11 is 3.25. The van der Waals surface area contributed by atoms with Crippen LogP contribution in [0.15, 0.2) is 83.5 Å². The molecule has 0 spiro atoms. The lowest BCUT2D eigenvalue weighted by Gasteiger charge is -2.14. The molecule has 0 saturated carbocycles. The van der Waals surface area contributed by atoms with Crippen LogP contribution in [0.25, 0.3) is 28.1 Å². The first-order valence-electron chi connectivity index (χ1n) is 10.1. The van der Waals surface area contributed by atoms with Crippen LogP contribution in [0.5, 0.6) is 0 Å². The molecule has 34 heavy (non-hydrogen) atoms. The zero-order valence-electron chi connectivity index (χ0n) is 17.3. The van der Waals surface area contributed by atoms with Crippen molar-refractivity contribution >= 4 is 38.6 Å². The highest BCUT2D eigenvalue weighted by molar-refractivity contribution is 9.10. The van der Waals surface area contributed by atoms with Gasteiger partial charge in [-0.3, -0.25) is 4.79 Å². The molecule has 0 aliphatic rings. The first-order valence-corrected chi connectivity index (χ1v) is 10.9. The Bertz CT molecular complexity index is 1470. The fraction of sp³-hybridized carbons (Fsp3) is 0.0417. The van der Waals surface area contributed by atoms with Gasteiger partial charge in [0.1, 0.15) is 5.82 Å². The van der Waals surface area contributed by atoms with E-state index in [1.54, 1.807) is 36.4 Å². The number of imidazole rings is 1. The van der Waals surface area contributed by atoms with Crippen LogP contribution in [0.2, 0.25) is 0 Å². The van der Waals surface area contributed by atoms with Crippen molar-refractivity contribution in [2.75, 3.05) is 5.32 Å². The third kappa shape index (κ3) is 4.08. The van der Waals surface area contributed by atoms with E-state index in [4.69, 9.17) is 0 Å². The minimum Gasteiger partial charge on any atom is -0.338 e. The number of carbonyl (C=O) groups excluding carboxylic acids is 1. The molecule has 0 unspecified atom stereocenters. The van der Waals surface area contributed by atoms with E-state index in [9.17, 15) is 18.0 Å². The second kappa shape index (κ2) is 8.45. The number of carbonyl (C=O) groups is 1. The number of benzene rings is 3. The smallest absolute Gasteiger partial charge is 0.338 e. The van der Waals surface area contributed by atoms with Crippen molar-refractivity contribution in [3.8, 4) is 17.1 Å². The topological polar surface area (TPSA) is 75.6 Å². The van der Waals surface area contributed by atoms with Gasteiger partial charge < -0.3 is 10.3 Å². The summed E-state index contributed by atoms with van der Waals surface area (Å²) in [5.41, 5.74) is 0.820. The van der Waals surface area contributed by atoms with Gasteiger partial charge in [-0.2, -0.15) is 18.3 Å². The molecular weight excluding hydrogens is 511 g/mol. The van der Waals surface area contributed by atoms with Gasteiger partial charge in [-0.05, 0) is 48.5 Å². The Morgan fingerprint density at radius 3 is 2.41 bits per heavy atom. The van der Waals surface area contributed by atoms with Crippen molar-refractivity contribution in [3.63, 3.8) is 0 Å². The number of anilines is 1. The second-order valence-electron chi connectivity index (χ2n) is 7.40. The molecule has 5 aromatic rings. The third-order valence-corrected chi connectivity index (χ3v) is 5.70. The quantitative estimate of drug-likeness (QED) is 0.283. The predicted molar refractivity (Wildman–Crippen MR) is 126 cm³/mol. The van der Waals surface area contributed by atoms with Gasteiger partial charge in [-0.15, -0.1) is 0 Å². The number of hydrogen-bond acceptors (Lipinski definition) is 3. The zero-order chi connectivity index (χ0) is 23.9. The monoisotopic (exact) mass is 525 g/mol. The molecule has 0 radical (unpaired) electrons. The van der Waals surface area contributed by atoms with Gasteiger partial charge in [0.05, 0.1) is 34.2 Å². The van der Waals surface area contributed by atoms with Gasteiger partial charge in [-0.25, -0.2) is 9.67 Å². The molecule has 10 heteroatoms. The second-order valence-corrected chi connectivity index (χ2v) is 8.31. The van der Waals surface area contributed by atoms with Crippen LogP contribution in [0.3, 0.4) is 0 Å². The number of halogens is 4. The molecule has 0 aliphatic heterocycles. The maximum atomic E-state index is 14.0. The van der Waals surface area contributed by atoms with Gasteiger partial charge in [0.15, 0.2) is 5.69 Å². The molecule has 2 N–H and O–H groups in total. The number of nitrogens with one attached hydrogen (secondary N) is 2. The summed E-state index contributed by atoms with van der Waals surface area (Å²) < 4.78 is 43.4. The molecule has 3 aromatic carbocycles. The molecule has 0 bridgehead atoms. The molecule has 5 rings (SSSR count). The van der Waals surface area contributed by atoms with Crippen LogP contribution in [0, 0.1) is 0 Å². The Kier molecular flexibility index (Phi) is 5.45. The molecule has 6 nitrogen and oxygen atoms in total. The van der Waals surface area contributed by atoms with Crippen molar-refractivity contribution < 1.29 is 18.0 Å². The van der Waals surface area contributed by atoms with Gasteiger partial charge in [0.2, 0.25) is 0 Å². The number of alkyl halides is 3. The van der Waals surface area contributed by atoms with Crippen LogP contribution in [0.4, 0.5) is 18.9 Å². The Balaban J connectivity index is 1.53. The molecule has 170 valence electrons. The summed E-state index contributed by atoms with van der Waals surface area (Å²) in [7, 11) is 0. The minimum absolute atomic E-state index is 0.178. The number of hydrogen-bond donors (Lipinski definition) is 2. The van der Waals surface area contributed by atoms with E-state index in [2.05, 4.69) is 36.3 Å². The number of amides is 1. The summed E-state index contributed by atoms with van der Waals surface area (Å²) in [6.07, 6.45) is -3.89. The third-order valence-electron chi connectivity index (χ3n) is 5.17. The maximum absolute atomic E-state index is 14.0. The largest absolute Gasteiger partial charge is 0.434 e. The molecule has 2 aromatic heterocycles. The number of fused-ring (bicyclic) bond motifs is 1. The van der Waals surface area contributed by atoms with E-state index < -0.39 is 23.3 Å². The highest BCUT2D eigenvalue weighted by Gasteiger charge is 2.40. The lowest BCUT2D eigenvalue weighted by molar-refractivity contribution is -0.143. The molecule has 1 amide bonds. The fourth-order valence-electron chi connectivity index (χ4n) is 3.63. The van der Waals surface area contributed by atoms with Crippen LogP contribution >= 0.6 is 15.9 Å². The number of para-hydroxylation sites is 3. The van der Waals surface area contributed by atoms with Crippen molar-refractivity contribution in [1.29, 1.82) is 0 Å². The number of rotatable bonds is 4. The summed E-state index contributed by atoms with van der Waals surface area (Å²) in [6.45, 7) is 0. The Hall–Kier alpha value is -3.92. The summed E-state index contributed by atoms with van der Waals surface area (Å²) in [5.74, 6) is -0.446. The number of aromatic nitrogens is 4. The maximum Gasteiger partial charge on any atom is 0.434 e. The van der Waals surface area contributed by atoms with E-state index in [1.807, 2.05) is 24.3 Å². The summed E-state index contributed by atoms with van der Waals surface area (Å²) in [4.78, 5) is 20.7. The van der Waals surface area contributed by atoms with Crippen LogP contribution in [-0.2, 0) is 6.18 Å². The molecule has 2 heterocycles.